The Labute approximate surface area is 221 Å². The van der Waals surface area contributed by atoms with Gasteiger partial charge in [0.25, 0.3) is 11.1 Å². The van der Waals surface area contributed by atoms with Crippen LogP contribution < -0.4 is 4.74 Å². The van der Waals surface area contributed by atoms with Crippen molar-refractivity contribution in [3.05, 3.63) is 116 Å². The van der Waals surface area contributed by atoms with Crippen LogP contribution in [0.25, 0.3) is 16.8 Å². The zero-order chi connectivity index (χ0) is 25.2. The van der Waals surface area contributed by atoms with Gasteiger partial charge < -0.3 is 4.74 Å². The number of fused-ring (bicyclic) bond motifs is 1. The minimum atomic E-state index is -0.450. The topological polar surface area (TPSA) is 46.6 Å². The molecule has 1 heterocycles. The molecule has 5 rings (SSSR count). The van der Waals surface area contributed by atoms with Crippen molar-refractivity contribution in [1.29, 1.82) is 0 Å². The highest BCUT2D eigenvalue weighted by Gasteiger charge is 2.36. The van der Waals surface area contributed by atoms with Gasteiger partial charge in [-0.25, -0.2) is 4.39 Å². The third-order valence-corrected chi connectivity index (χ3v) is 7.41. The van der Waals surface area contributed by atoms with E-state index in [2.05, 4.69) is 0 Å². The lowest BCUT2D eigenvalue weighted by Gasteiger charge is -2.15. The van der Waals surface area contributed by atoms with Crippen LogP contribution in [-0.2, 0) is 17.9 Å². The first-order valence-corrected chi connectivity index (χ1v) is 12.6. The highest BCUT2D eigenvalue weighted by Crippen LogP contribution is 2.38. The molecule has 2 amide bonds. The second kappa shape index (κ2) is 10.3. The van der Waals surface area contributed by atoms with Gasteiger partial charge >= 0.3 is 0 Å². The Balaban J connectivity index is 1.50. The van der Waals surface area contributed by atoms with Crippen LogP contribution >= 0.6 is 35.0 Å². The summed E-state index contributed by atoms with van der Waals surface area (Å²) in [6, 6.07) is 22.7. The molecular weight excluding hydrogens is 520 g/mol. The number of thioether (sulfide) groups is 1. The van der Waals surface area contributed by atoms with E-state index in [4.69, 9.17) is 27.9 Å². The van der Waals surface area contributed by atoms with Crippen LogP contribution in [-0.4, -0.2) is 16.0 Å². The van der Waals surface area contributed by atoms with Crippen LogP contribution in [0.3, 0.4) is 0 Å². The molecule has 0 radical (unpaired) electrons. The second-order valence-corrected chi connectivity index (χ2v) is 9.85. The molecule has 0 spiro atoms. The van der Waals surface area contributed by atoms with Crippen LogP contribution in [0.5, 0.6) is 5.75 Å². The van der Waals surface area contributed by atoms with E-state index in [0.717, 1.165) is 27.4 Å². The Bertz CT molecular complexity index is 1520. The highest BCUT2D eigenvalue weighted by molar-refractivity contribution is 8.18. The number of nitrogens with zero attached hydrogens (tertiary/aromatic N) is 1. The van der Waals surface area contributed by atoms with E-state index in [1.807, 2.05) is 30.3 Å². The van der Waals surface area contributed by atoms with E-state index in [-0.39, 0.29) is 23.9 Å². The number of carbonyl (C=O) groups excluding carboxylic acids is 2. The first-order chi connectivity index (χ1) is 17.4. The predicted octanol–water partition coefficient (Wildman–Crippen LogP) is 8.10. The molecule has 0 saturated carbocycles. The molecule has 0 aromatic heterocycles. The van der Waals surface area contributed by atoms with Gasteiger partial charge in [-0.3, -0.25) is 14.5 Å². The summed E-state index contributed by atoms with van der Waals surface area (Å²) in [5.41, 5.74) is 1.54. The van der Waals surface area contributed by atoms with Crippen molar-refractivity contribution < 1.29 is 18.7 Å². The SMILES string of the molecule is O=C1S/C(=C\c2c(OCc3ccccc3F)ccc3ccccc23)C(=O)N1Cc1c(Cl)cccc1Cl. The van der Waals surface area contributed by atoms with E-state index >= 15 is 0 Å². The van der Waals surface area contributed by atoms with Crippen LogP contribution in [0.1, 0.15) is 16.7 Å². The van der Waals surface area contributed by atoms with Gasteiger partial charge in [0.15, 0.2) is 0 Å². The van der Waals surface area contributed by atoms with E-state index in [1.165, 1.54) is 6.07 Å². The van der Waals surface area contributed by atoms with E-state index < -0.39 is 11.1 Å². The van der Waals surface area contributed by atoms with Crippen molar-refractivity contribution in [3.8, 4) is 5.75 Å². The summed E-state index contributed by atoms with van der Waals surface area (Å²) in [6.07, 6.45) is 1.65. The summed E-state index contributed by atoms with van der Waals surface area (Å²) in [4.78, 5) is 27.4. The summed E-state index contributed by atoms with van der Waals surface area (Å²) < 4.78 is 20.1. The van der Waals surface area contributed by atoms with Crippen molar-refractivity contribution in [2.45, 2.75) is 13.2 Å². The number of hydrogen-bond acceptors (Lipinski definition) is 4. The van der Waals surface area contributed by atoms with Crippen molar-refractivity contribution in [2.75, 3.05) is 0 Å². The predicted molar refractivity (Wildman–Crippen MR) is 143 cm³/mol. The smallest absolute Gasteiger partial charge is 0.293 e. The monoisotopic (exact) mass is 537 g/mol. The number of benzene rings is 4. The molecule has 36 heavy (non-hydrogen) atoms. The highest BCUT2D eigenvalue weighted by atomic mass is 35.5. The zero-order valence-electron chi connectivity index (χ0n) is 18.7. The van der Waals surface area contributed by atoms with Crippen molar-refractivity contribution in [3.63, 3.8) is 0 Å². The Kier molecular flexibility index (Phi) is 7.01. The lowest BCUT2D eigenvalue weighted by atomic mass is 10.0. The molecule has 1 saturated heterocycles. The van der Waals surface area contributed by atoms with E-state index in [9.17, 15) is 14.0 Å². The lowest BCUT2D eigenvalue weighted by molar-refractivity contribution is -0.123. The average molecular weight is 538 g/mol. The van der Waals surface area contributed by atoms with Gasteiger partial charge in [0, 0.05) is 26.7 Å². The molecule has 0 atom stereocenters. The summed E-state index contributed by atoms with van der Waals surface area (Å²) in [6.45, 7) is -0.0228. The second-order valence-electron chi connectivity index (χ2n) is 8.05. The Morgan fingerprint density at radius 3 is 2.39 bits per heavy atom. The first kappa shape index (κ1) is 24.4. The van der Waals surface area contributed by atoms with Crippen LogP contribution in [0.4, 0.5) is 9.18 Å². The fraction of sp³-hybridized carbons (Fsp3) is 0.0714. The zero-order valence-corrected chi connectivity index (χ0v) is 21.0. The molecular formula is C28H18Cl2FNO3S. The van der Waals surface area contributed by atoms with Crippen LogP contribution in [0, 0.1) is 5.82 Å². The Morgan fingerprint density at radius 1 is 0.889 bits per heavy atom. The molecule has 1 fully saturated rings. The number of ether oxygens (including phenoxy) is 1. The van der Waals surface area contributed by atoms with Gasteiger partial charge in [-0.2, -0.15) is 0 Å². The fourth-order valence-corrected chi connectivity index (χ4v) is 5.27. The van der Waals surface area contributed by atoms with Gasteiger partial charge in [0.05, 0.1) is 11.4 Å². The quantitative estimate of drug-likeness (QED) is 0.233. The number of carbonyl (C=O) groups is 2. The molecule has 1 aliphatic heterocycles. The van der Waals surface area contributed by atoms with Gasteiger partial charge in [0.2, 0.25) is 0 Å². The molecule has 0 bridgehead atoms. The molecule has 4 nitrogen and oxygen atoms in total. The molecule has 4 aromatic carbocycles. The van der Waals surface area contributed by atoms with E-state index in [0.29, 0.717) is 32.5 Å². The normalized spacial score (nSPS) is 14.8. The van der Waals surface area contributed by atoms with Gasteiger partial charge in [-0.15, -0.1) is 0 Å². The number of halogens is 3. The van der Waals surface area contributed by atoms with Crippen molar-refractivity contribution >= 4 is 63.0 Å². The van der Waals surface area contributed by atoms with Gasteiger partial charge in [-0.05, 0) is 52.9 Å². The largest absolute Gasteiger partial charge is 0.488 e. The summed E-state index contributed by atoms with van der Waals surface area (Å²) in [5, 5.41) is 2.11. The van der Waals surface area contributed by atoms with Gasteiger partial charge in [-0.1, -0.05) is 77.8 Å². The van der Waals surface area contributed by atoms with Crippen molar-refractivity contribution in [1.82, 2.24) is 4.90 Å². The number of hydrogen-bond donors (Lipinski definition) is 0. The fourth-order valence-electron chi connectivity index (χ4n) is 3.93. The Hall–Kier alpha value is -3.32. The molecule has 0 unspecified atom stereocenters. The third kappa shape index (κ3) is 4.85. The maximum absolute atomic E-state index is 14.1. The minimum absolute atomic E-state index is 0.0122. The molecule has 8 heteroatoms. The standard InChI is InChI=1S/C28H18Cl2FNO3S/c29-22-9-5-10-23(30)21(22)15-32-27(33)26(36-28(32)34)14-20-19-8-3-1-6-17(19)12-13-25(20)35-16-18-7-2-4-11-24(18)31/h1-14H,15-16H2/b26-14-. The summed E-state index contributed by atoms with van der Waals surface area (Å²) >= 11 is 13.3. The van der Waals surface area contributed by atoms with E-state index in [1.54, 1.807) is 48.5 Å². The third-order valence-electron chi connectivity index (χ3n) is 5.80. The molecule has 1 aliphatic rings. The number of imide groups is 1. The minimum Gasteiger partial charge on any atom is -0.488 e. The van der Waals surface area contributed by atoms with Crippen LogP contribution in [0.15, 0.2) is 83.8 Å². The van der Waals surface area contributed by atoms with Gasteiger partial charge in [0.1, 0.15) is 18.2 Å². The maximum Gasteiger partial charge on any atom is 0.293 e. The number of amides is 2. The lowest BCUT2D eigenvalue weighted by Crippen LogP contribution is -2.27. The van der Waals surface area contributed by atoms with Crippen molar-refractivity contribution in [2.24, 2.45) is 0 Å². The summed E-state index contributed by atoms with van der Waals surface area (Å²) in [5.74, 6) is -0.342. The summed E-state index contributed by atoms with van der Waals surface area (Å²) in [7, 11) is 0. The van der Waals surface area contributed by atoms with Crippen LogP contribution in [0.2, 0.25) is 10.0 Å². The average Bonchev–Trinajstić information content (AvgIpc) is 3.13. The number of rotatable bonds is 6. The molecule has 180 valence electrons. The first-order valence-electron chi connectivity index (χ1n) is 11.0. The Morgan fingerprint density at radius 2 is 1.61 bits per heavy atom. The molecule has 4 aromatic rings. The molecule has 0 N–H and O–H groups in total. The molecule has 0 aliphatic carbocycles. The maximum atomic E-state index is 14.1.